The van der Waals surface area contributed by atoms with E-state index in [4.69, 9.17) is 4.84 Å². The van der Waals surface area contributed by atoms with Gasteiger partial charge in [0.15, 0.2) is 6.10 Å². The number of carbonyl (C=O) groups is 2. The molecule has 9 heteroatoms. The van der Waals surface area contributed by atoms with Crippen molar-refractivity contribution < 1.29 is 19.3 Å². The Balaban J connectivity index is 1.58. The summed E-state index contributed by atoms with van der Waals surface area (Å²) in [6.45, 7) is 0. The van der Waals surface area contributed by atoms with Crippen molar-refractivity contribution in [2.75, 3.05) is 9.96 Å². The molecule has 2 saturated heterocycles. The van der Waals surface area contributed by atoms with Crippen molar-refractivity contribution in [1.29, 1.82) is 0 Å². The Morgan fingerprint density at radius 2 is 1.59 bits per heavy atom. The van der Waals surface area contributed by atoms with Crippen LogP contribution in [0.25, 0.3) is 0 Å². The monoisotopic (exact) mass is 493 g/mol. The van der Waals surface area contributed by atoms with Crippen LogP contribution in [0, 0.1) is 16.0 Å². The van der Waals surface area contributed by atoms with Crippen LogP contribution in [0.15, 0.2) is 83.3 Å². The van der Waals surface area contributed by atoms with E-state index in [-0.39, 0.29) is 11.6 Å². The van der Waals surface area contributed by atoms with Crippen LogP contribution >= 0.6 is 15.9 Å². The molecule has 0 spiro atoms. The third-order valence-corrected chi connectivity index (χ3v) is 6.17. The van der Waals surface area contributed by atoms with Crippen LogP contribution in [0.1, 0.15) is 11.6 Å². The van der Waals surface area contributed by atoms with Crippen LogP contribution in [0.4, 0.5) is 17.1 Å². The average Bonchev–Trinajstić information content (AvgIpc) is 3.31. The molecule has 0 bridgehead atoms. The Morgan fingerprint density at radius 1 is 0.875 bits per heavy atom. The molecular formula is C23H16BrN3O5. The normalized spacial score (nSPS) is 22.3. The fourth-order valence-corrected chi connectivity index (χ4v) is 4.48. The Labute approximate surface area is 191 Å². The number of rotatable bonds is 4. The lowest BCUT2D eigenvalue weighted by Gasteiger charge is -2.28. The van der Waals surface area contributed by atoms with Gasteiger partial charge in [-0.2, -0.15) is 0 Å². The summed E-state index contributed by atoms with van der Waals surface area (Å²) in [5, 5.41) is 12.7. The molecule has 0 radical (unpaired) electrons. The number of imide groups is 1. The van der Waals surface area contributed by atoms with Crippen LogP contribution in [-0.4, -0.2) is 22.8 Å². The van der Waals surface area contributed by atoms with E-state index in [1.165, 1.54) is 17.2 Å². The van der Waals surface area contributed by atoms with Gasteiger partial charge in [-0.3, -0.25) is 24.5 Å². The zero-order chi connectivity index (χ0) is 22.4. The lowest BCUT2D eigenvalue weighted by atomic mass is 9.90. The molecule has 0 aliphatic carbocycles. The second-order valence-electron chi connectivity index (χ2n) is 7.50. The molecule has 8 nitrogen and oxygen atoms in total. The summed E-state index contributed by atoms with van der Waals surface area (Å²) >= 11 is 3.36. The Morgan fingerprint density at radius 3 is 2.28 bits per heavy atom. The highest BCUT2D eigenvalue weighted by Crippen LogP contribution is 2.47. The second-order valence-corrected chi connectivity index (χ2v) is 8.41. The Hall–Kier alpha value is -3.56. The molecule has 160 valence electrons. The second kappa shape index (κ2) is 7.85. The average molecular weight is 494 g/mol. The fraction of sp³-hybridized carbons (Fsp3) is 0.130. The zero-order valence-corrected chi connectivity index (χ0v) is 18.1. The van der Waals surface area contributed by atoms with Crippen molar-refractivity contribution >= 4 is 44.8 Å². The van der Waals surface area contributed by atoms with E-state index in [2.05, 4.69) is 15.9 Å². The lowest BCUT2D eigenvalue weighted by Crippen LogP contribution is -2.37. The number of amides is 2. The SMILES string of the molecule is O=C1[C@@H]2[C@H](ON(c3cccc([N+](=O)[O-])c3)[C@@H]2c2ccccc2)C(=O)N1c1ccc(Br)cc1. The minimum Gasteiger partial charge on any atom is -0.273 e. The topological polar surface area (TPSA) is 93.0 Å². The third kappa shape index (κ3) is 3.26. The number of anilines is 2. The van der Waals surface area contributed by atoms with Crippen LogP contribution in [0.2, 0.25) is 0 Å². The van der Waals surface area contributed by atoms with E-state index >= 15 is 0 Å². The van der Waals surface area contributed by atoms with E-state index in [0.29, 0.717) is 11.4 Å². The van der Waals surface area contributed by atoms with Gasteiger partial charge < -0.3 is 0 Å². The fourth-order valence-electron chi connectivity index (χ4n) is 4.22. The maximum atomic E-state index is 13.5. The number of hydrogen-bond donors (Lipinski definition) is 0. The van der Waals surface area contributed by atoms with E-state index in [1.54, 1.807) is 36.4 Å². The van der Waals surface area contributed by atoms with Gasteiger partial charge in [-0.05, 0) is 35.9 Å². The van der Waals surface area contributed by atoms with Crippen molar-refractivity contribution in [3.05, 3.63) is 99.0 Å². The van der Waals surface area contributed by atoms with Crippen LogP contribution in [0.3, 0.4) is 0 Å². The van der Waals surface area contributed by atoms with Gasteiger partial charge in [0.25, 0.3) is 11.6 Å². The molecule has 0 unspecified atom stereocenters. The highest BCUT2D eigenvalue weighted by atomic mass is 79.9. The smallest absolute Gasteiger partial charge is 0.271 e. The van der Waals surface area contributed by atoms with Crippen LogP contribution < -0.4 is 9.96 Å². The van der Waals surface area contributed by atoms with E-state index in [1.807, 2.05) is 30.3 Å². The molecule has 3 atom stereocenters. The van der Waals surface area contributed by atoms with Crippen molar-refractivity contribution in [3.63, 3.8) is 0 Å². The van der Waals surface area contributed by atoms with E-state index in [0.717, 1.165) is 14.9 Å². The summed E-state index contributed by atoms with van der Waals surface area (Å²) in [6.07, 6.45) is -1.03. The first-order valence-corrected chi connectivity index (χ1v) is 10.6. The van der Waals surface area contributed by atoms with Gasteiger partial charge in [0.1, 0.15) is 5.92 Å². The quantitative estimate of drug-likeness (QED) is 0.303. The molecular weight excluding hydrogens is 478 g/mol. The van der Waals surface area contributed by atoms with Gasteiger partial charge in [0.05, 0.1) is 22.3 Å². The van der Waals surface area contributed by atoms with Crippen molar-refractivity contribution in [2.24, 2.45) is 5.92 Å². The predicted molar refractivity (Wildman–Crippen MR) is 120 cm³/mol. The molecule has 0 saturated carbocycles. The molecule has 2 amide bonds. The molecule has 0 N–H and O–H groups in total. The number of nitrogens with zero attached hydrogens (tertiary/aromatic N) is 3. The number of carbonyl (C=O) groups excluding carboxylic acids is 2. The maximum Gasteiger partial charge on any atom is 0.271 e. The molecule has 2 fully saturated rings. The number of hydroxylamine groups is 1. The summed E-state index contributed by atoms with van der Waals surface area (Å²) < 4.78 is 0.829. The number of hydrogen-bond acceptors (Lipinski definition) is 6. The van der Waals surface area contributed by atoms with Crippen molar-refractivity contribution in [2.45, 2.75) is 12.1 Å². The van der Waals surface area contributed by atoms with Crippen LogP contribution in [0.5, 0.6) is 0 Å². The Bertz CT molecular complexity index is 1220. The van der Waals surface area contributed by atoms with Gasteiger partial charge >= 0.3 is 0 Å². The lowest BCUT2D eigenvalue weighted by molar-refractivity contribution is -0.384. The van der Waals surface area contributed by atoms with Crippen molar-refractivity contribution in [3.8, 4) is 0 Å². The molecule has 2 aliphatic heterocycles. The van der Waals surface area contributed by atoms with Crippen LogP contribution in [-0.2, 0) is 14.4 Å². The zero-order valence-electron chi connectivity index (χ0n) is 16.5. The molecule has 5 rings (SSSR count). The first-order valence-electron chi connectivity index (χ1n) is 9.84. The molecule has 3 aromatic rings. The summed E-state index contributed by atoms with van der Waals surface area (Å²) in [7, 11) is 0. The van der Waals surface area contributed by atoms with Crippen molar-refractivity contribution in [1.82, 2.24) is 0 Å². The molecule has 0 aromatic heterocycles. The van der Waals surface area contributed by atoms with E-state index in [9.17, 15) is 19.7 Å². The minimum atomic E-state index is -1.03. The molecule has 3 aromatic carbocycles. The molecule has 32 heavy (non-hydrogen) atoms. The first-order chi connectivity index (χ1) is 15.5. The number of fused-ring (bicyclic) bond motifs is 1. The van der Waals surface area contributed by atoms with E-state index < -0.39 is 28.9 Å². The van der Waals surface area contributed by atoms with Gasteiger partial charge in [0.2, 0.25) is 5.91 Å². The standard InChI is InChI=1S/C23H16BrN3O5/c24-15-9-11-16(12-10-15)25-22(28)19-20(14-5-2-1-3-6-14)26(32-21(19)23(25)29)17-7-4-8-18(13-17)27(30)31/h1-13,19-21H/t19-,20+,21-/m0/s1. The number of non-ortho nitro benzene ring substituents is 1. The summed E-state index contributed by atoms with van der Waals surface area (Å²) in [4.78, 5) is 44.7. The van der Waals surface area contributed by atoms with Gasteiger partial charge in [-0.1, -0.05) is 52.3 Å². The van der Waals surface area contributed by atoms with Gasteiger partial charge in [-0.25, -0.2) is 9.96 Å². The predicted octanol–water partition coefficient (Wildman–Crippen LogP) is 4.41. The number of benzene rings is 3. The molecule has 2 aliphatic rings. The number of nitro groups is 1. The minimum absolute atomic E-state index is 0.107. The Kier molecular flexibility index (Phi) is 4.99. The molecule has 2 heterocycles. The highest BCUT2D eigenvalue weighted by molar-refractivity contribution is 9.10. The third-order valence-electron chi connectivity index (χ3n) is 5.64. The summed E-state index contributed by atoms with van der Waals surface area (Å²) in [6, 6.07) is 21.4. The highest BCUT2D eigenvalue weighted by Gasteiger charge is 2.60. The maximum absolute atomic E-state index is 13.5. The summed E-state index contributed by atoms with van der Waals surface area (Å²) in [5.41, 5.74) is 1.53. The van der Waals surface area contributed by atoms with Gasteiger partial charge in [0, 0.05) is 16.6 Å². The number of nitro benzene ring substituents is 1. The first kappa shape index (κ1) is 20.3. The summed E-state index contributed by atoms with van der Waals surface area (Å²) in [5.74, 6) is -1.63. The number of halogens is 1. The largest absolute Gasteiger partial charge is 0.273 e. The van der Waals surface area contributed by atoms with Gasteiger partial charge in [-0.15, -0.1) is 0 Å².